The summed E-state index contributed by atoms with van der Waals surface area (Å²) in [5.74, 6) is -0.465. The van der Waals surface area contributed by atoms with Crippen molar-refractivity contribution in [1.82, 2.24) is 9.55 Å². The van der Waals surface area contributed by atoms with Crippen LogP contribution in [0.1, 0.15) is 23.2 Å². The fourth-order valence-electron chi connectivity index (χ4n) is 5.61. The normalized spacial score (nSPS) is 18.8. The van der Waals surface area contributed by atoms with E-state index in [4.69, 9.17) is 14.5 Å². The summed E-state index contributed by atoms with van der Waals surface area (Å²) in [7, 11) is 0. The SMILES string of the molecule is O=C(O)c1cn(-c2ccc3nc(N4CCOCC4)sc3c2)c(-c2ccc3c(c2)OCC2CCCN32)cc1=O. The molecular weight excluding hydrogens is 504 g/mol. The first-order valence-corrected chi connectivity index (χ1v) is 13.6. The number of fused-ring (bicyclic) bond motifs is 4. The zero-order chi connectivity index (χ0) is 25.8. The number of aromatic carboxylic acids is 1. The van der Waals surface area contributed by atoms with Gasteiger partial charge in [0, 0.05) is 43.1 Å². The molecule has 0 saturated carbocycles. The van der Waals surface area contributed by atoms with Gasteiger partial charge in [0.2, 0.25) is 0 Å². The largest absolute Gasteiger partial charge is 0.489 e. The molecule has 5 heterocycles. The van der Waals surface area contributed by atoms with Crippen LogP contribution in [0.25, 0.3) is 27.2 Å². The van der Waals surface area contributed by atoms with Gasteiger partial charge in [-0.2, -0.15) is 0 Å². The molecule has 1 unspecified atom stereocenters. The molecule has 2 fully saturated rings. The molecule has 0 bridgehead atoms. The van der Waals surface area contributed by atoms with Gasteiger partial charge in [-0.15, -0.1) is 0 Å². The minimum Gasteiger partial charge on any atom is -0.489 e. The van der Waals surface area contributed by atoms with Gasteiger partial charge >= 0.3 is 5.97 Å². The average Bonchev–Trinajstić information content (AvgIpc) is 3.60. The molecule has 1 N–H and O–H groups in total. The van der Waals surface area contributed by atoms with Crippen molar-refractivity contribution in [1.29, 1.82) is 0 Å². The standard InChI is InChI=1S/C28H26N4O5S/c33-24-14-23(17-3-6-22-25(12-17)37-16-19-2-1-7-31(19)22)32(15-20(24)27(34)35)18-4-5-21-26(13-18)38-28(29-21)30-8-10-36-11-9-30/h3-6,12-15,19H,1-2,7-11,16H2,(H,34,35). The molecule has 194 valence electrons. The van der Waals surface area contributed by atoms with Gasteiger partial charge in [-0.25, -0.2) is 9.78 Å². The molecule has 4 aromatic rings. The van der Waals surface area contributed by atoms with Gasteiger partial charge < -0.3 is 28.9 Å². The van der Waals surface area contributed by atoms with Gasteiger partial charge in [0.25, 0.3) is 0 Å². The number of ether oxygens (including phenoxy) is 2. The van der Waals surface area contributed by atoms with Crippen molar-refractivity contribution >= 4 is 38.3 Å². The fraction of sp³-hybridized carbons (Fsp3) is 0.321. The van der Waals surface area contributed by atoms with Gasteiger partial charge in [0.05, 0.1) is 40.9 Å². The van der Waals surface area contributed by atoms with Crippen molar-refractivity contribution in [2.75, 3.05) is 49.3 Å². The molecule has 7 rings (SSSR count). The molecule has 9 nitrogen and oxygen atoms in total. The molecule has 0 spiro atoms. The van der Waals surface area contributed by atoms with E-state index in [1.165, 1.54) is 12.3 Å². The summed E-state index contributed by atoms with van der Waals surface area (Å²) < 4.78 is 14.3. The smallest absolute Gasteiger partial charge is 0.341 e. The Kier molecular flexibility index (Phi) is 5.59. The van der Waals surface area contributed by atoms with E-state index in [0.29, 0.717) is 31.6 Å². The van der Waals surface area contributed by atoms with Crippen molar-refractivity contribution in [3.05, 3.63) is 64.4 Å². The Hall–Kier alpha value is -3.89. The number of anilines is 2. The fourth-order valence-corrected chi connectivity index (χ4v) is 6.66. The second-order valence-electron chi connectivity index (χ2n) is 9.84. The maximum atomic E-state index is 12.8. The van der Waals surface area contributed by atoms with Gasteiger partial charge in [0.15, 0.2) is 10.6 Å². The van der Waals surface area contributed by atoms with E-state index in [-0.39, 0.29) is 5.56 Å². The predicted molar refractivity (Wildman–Crippen MR) is 147 cm³/mol. The number of rotatable bonds is 4. The number of carbonyl (C=O) groups is 1. The number of pyridine rings is 1. The van der Waals surface area contributed by atoms with E-state index in [0.717, 1.165) is 70.5 Å². The molecule has 0 radical (unpaired) electrons. The number of hydrogen-bond donors (Lipinski definition) is 1. The Balaban J connectivity index is 1.34. The first-order chi connectivity index (χ1) is 18.5. The number of thiazole rings is 1. The Morgan fingerprint density at radius 2 is 1.95 bits per heavy atom. The molecule has 38 heavy (non-hydrogen) atoms. The van der Waals surface area contributed by atoms with Crippen LogP contribution < -0.4 is 20.0 Å². The summed E-state index contributed by atoms with van der Waals surface area (Å²) in [6, 6.07) is 13.7. The highest BCUT2D eigenvalue weighted by Gasteiger charge is 2.31. The maximum absolute atomic E-state index is 12.8. The van der Waals surface area contributed by atoms with Crippen molar-refractivity contribution in [3.8, 4) is 22.7 Å². The molecule has 3 aliphatic heterocycles. The number of nitrogens with zero attached hydrogens (tertiary/aromatic N) is 4. The van der Waals surface area contributed by atoms with Crippen LogP contribution >= 0.6 is 11.3 Å². The van der Waals surface area contributed by atoms with Gasteiger partial charge in [-0.05, 0) is 43.2 Å². The average molecular weight is 531 g/mol. The Labute approximate surface area is 222 Å². The lowest BCUT2D eigenvalue weighted by molar-refractivity contribution is 0.0695. The molecular formula is C28H26N4O5S. The van der Waals surface area contributed by atoms with Crippen LogP contribution in [0.15, 0.2) is 53.5 Å². The topological polar surface area (TPSA) is 97.1 Å². The summed E-state index contributed by atoms with van der Waals surface area (Å²) in [6.45, 7) is 4.63. The number of benzene rings is 2. The molecule has 0 aliphatic carbocycles. The highest BCUT2D eigenvalue weighted by atomic mass is 32.1. The lowest BCUT2D eigenvalue weighted by Gasteiger charge is -2.33. The van der Waals surface area contributed by atoms with E-state index in [1.54, 1.807) is 15.9 Å². The monoisotopic (exact) mass is 530 g/mol. The first-order valence-electron chi connectivity index (χ1n) is 12.8. The Bertz CT molecular complexity index is 1620. The van der Waals surface area contributed by atoms with Crippen LogP contribution in [0.5, 0.6) is 5.75 Å². The van der Waals surface area contributed by atoms with Gasteiger partial charge in [-0.1, -0.05) is 17.4 Å². The Morgan fingerprint density at radius 3 is 2.79 bits per heavy atom. The van der Waals surface area contributed by atoms with Crippen LogP contribution in [-0.2, 0) is 4.74 Å². The second kappa shape index (κ2) is 9.14. The molecule has 0 amide bonds. The highest BCUT2D eigenvalue weighted by molar-refractivity contribution is 7.22. The van der Waals surface area contributed by atoms with Crippen LogP contribution in [0.3, 0.4) is 0 Å². The van der Waals surface area contributed by atoms with E-state index in [9.17, 15) is 14.7 Å². The third-order valence-corrected chi connectivity index (χ3v) is 8.65. The summed E-state index contributed by atoms with van der Waals surface area (Å²) in [4.78, 5) is 34.1. The minimum atomic E-state index is -1.25. The number of carboxylic acid groups (broad SMARTS) is 1. The molecule has 10 heteroatoms. The van der Waals surface area contributed by atoms with E-state index >= 15 is 0 Å². The van der Waals surface area contributed by atoms with Crippen LogP contribution in [0.4, 0.5) is 10.8 Å². The minimum absolute atomic E-state index is 0.277. The molecule has 2 aromatic carbocycles. The number of morpholine rings is 1. The summed E-state index contributed by atoms with van der Waals surface area (Å²) >= 11 is 1.60. The summed E-state index contributed by atoms with van der Waals surface area (Å²) in [5, 5.41) is 10.6. The lowest BCUT2D eigenvalue weighted by atomic mass is 10.1. The molecule has 2 saturated heterocycles. The van der Waals surface area contributed by atoms with Gasteiger partial charge in [-0.3, -0.25) is 4.79 Å². The number of carboxylic acids is 1. The molecule has 2 aromatic heterocycles. The molecule has 3 aliphatic rings. The van der Waals surface area contributed by atoms with Gasteiger partial charge in [0.1, 0.15) is 17.9 Å². The quantitative estimate of drug-likeness (QED) is 0.423. The highest BCUT2D eigenvalue weighted by Crippen LogP contribution is 2.41. The van der Waals surface area contributed by atoms with E-state index < -0.39 is 11.4 Å². The zero-order valence-electron chi connectivity index (χ0n) is 20.6. The predicted octanol–water partition coefficient (Wildman–Crippen LogP) is 4.01. The number of hydrogen-bond acceptors (Lipinski definition) is 8. The first kappa shape index (κ1) is 23.2. The van der Waals surface area contributed by atoms with Crippen molar-refractivity contribution < 1.29 is 19.4 Å². The summed E-state index contributed by atoms with van der Waals surface area (Å²) in [6.07, 6.45) is 3.70. The third-order valence-electron chi connectivity index (χ3n) is 7.58. The second-order valence-corrected chi connectivity index (χ2v) is 10.9. The van der Waals surface area contributed by atoms with Crippen molar-refractivity contribution in [2.45, 2.75) is 18.9 Å². The Morgan fingerprint density at radius 1 is 1.08 bits per heavy atom. The van der Waals surface area contributed by atoms with Crippen molar-refractivity contribution in [2.24, 2.45) is 0 Å². The van der Waals surface area contributed by atoms with Crippen LogP contribution in [0.2, 0.25) is 0 Å². The maximum Gasteiger partial charge on any atom is 0.341 e. The van der Waals surface area contributed by atoms with E-state index in [1.807, 2.05) is 36.4 Å². The lowest BCUT2D eigenvalue weighted by Crippen LogP contribution is -2.38. The number of aromatic nitrogens is 2. The van der Waals surface area contributed by atoms with Crippen LogP contribution in [0, 0.1) is 0 Å². The van der Waals surface area contributed by atoms with E-state index in [2.05, 4.69) is 9.80 Å². The molecule has 1 atom stereocenters. The zero-order valence-corrected chi connectivity index (χ0v) is 21.4. The van der Waals surface area contributed by atoms with Crippen LogP contribution in [-0.4, -0.2) is 66.1 Å². The van der Waals surface area contributed by atoms with Crippen molar-refractivity contribution in [3.63, 3.8) is 0 Å². The third kappa shape index (κ3) is 3.91. The summed E-state index contributed by atoms with van der Waals surface area (Å²) in [5.41, 5.74) is 3.28.